The van der Waals surface area contributed by atoms with Crippen LogP contribution in [-0.2, 0) is 0 Å². The van der Waals surface area contributed by atoms with Gasteiger partial charge in [0.2, 0.25) is 0 Å². The molecule has 4 aromatic rings. The Bertz CT molecular complexity index is 1130. The van der Waals surface area contributed by atoms with Crippen molar-refractivity contribution in [2.75, 3.05) is 28.6 Å². The van der Waals surface area contributed by atoms with Crippen molar-refractivity contribution >= 4 is 39.6 Å². The fourth-order valence-corrected chi connectivity index (χ4v) is 3.53. The topological polar surface area (TPSA) is 66.0 Å². The molecule has 2 heterocycles. The number of anilines is 5. The van der Waals surface area contributed by atoms with Crippen LogP contribution >= 0.6 is 0 Å². The van der Waals surface area contributed by atoms with Crippen LogP contribution < -0.4 is 15.5 Å². The van der Waals surface area contributed by atoms with Crippen LogP contribution in [0.4, 0.5) is 28.7 Å². The molecular formula is C24H26N6. The molecule has 0 radical (unpaired) electrons. The van der Waals surface area contributed by atoms with E-state index in [4.69, 9.17) is 0 Å². The molecule has 0 amide bonds. The highest BCUT2D eigenvalue weighted by molar-refractivity contribution is 5.91. The van der Waals surface area contributed by atoms with Gasteiger partial charge in [0, 0.05) is 42.1 Å². The first-order chi connectivity index (χ1) is 14.7. The Morgan fingerprint density at radius 3 is 2.27 bits per heavy atom. The van der Waals surface area contributed by atoms with Crippen LogP contribution in [0.2, 0.25) is 0 Å². The highest BCUT2D eigenvalue weighted by atomic mass is 15.1. The molecule has 0 saturated carbocycles. The van der Waals surface area contributed by atoms with Crippen LogP contribution in [0.15, 0.2) is 66.9 Å². The molecule has 0 atom stereocenters. The smallest absolute Gasteiger partial charge is 0.136 e. The molecular weight excluding hydrogens is 372 g/mol. The maximum Gasteiger partial charge on any atom is 0.136 e. The highest BCUT2D eigenvalue weighted by Crippen LogP contribution is 2.26. The van der Waals surface area contributed by atoms with E-state index in [1.54, 1.807) is 6.20 Å². The molecule has 6 nitrogen and oxygen atoms in total. The number of nitrogens with one attached hydrogen (secondary N) is 2. The summed E-state index contributed by atoms with van der Waals surface area (Å²) in [5, 5.41) is 7.86. The van der Waals surface area contributed by atoms with E-state index < -0.39 is 0 Å². The van der Waals surface area contributed by atoms with Crippen molar-refractivity contribution in [2.45, 2.75) is 20.8 Å². The van der Waals surface area contributed by atoms with Crippen LogP contribution in [0.1, 0.15) is 19.7 Å². The van der Waals surface area contributed by atoms with Crippen molar-refractivity contribution in [3.05, 3.63) is 72.7 Å². The summed E-state index contributed by atoms with van der Waals surface area (Å²) in [6, 6.07) is 20.4. The molecule has 0 aliphatic rings. The number of rotatable bonds is 7. The lowest BCUT2D eigenvalue weighted by atomic mass is 10.2. The van der Waals surface area contributed by atoms with E-state index in [0.717, 1.165) is 47.0 Å². The second kappa shape index (κ2) is 8.78. The Kier molecular flexibility index (Phi) is 5.75. The van der Waals surface area contributed by atoms with Crippen molar-refractivity contribution in [2.24, 2.45) is 0 Å². The Morgan fingerprint density at radius 2 is 1.53 bits per heavy atom. The molecule has 0 aliphatic heterocycles. The lowest BCUT2D eigenvalue weighted by Crippen LogP contribution is -2.21. The normalized spacial score (nSPS) is 10.8. The number of hydrogen-bond acceptors (Lipinski definition) is 6. The third kappa shape index (κ3) is 4.33. The largest absolute Gasteiger partial charge is 0.372 e. The Balaban J connectivity index is 1.56. The number of para-hydroxylation sites is 1. The number of pyridine rings is 1. The fraction of sp³-hybridized carbons (Fsp3) is 0.208. The van der Waals surface area contributed by atoms with Crippen LogP contribution in [0.3, 0.4) is 0 Å². The minimum Gasteiger partial charge on any atom is -0.372 e. The summed E-state index contributed by atoms with van der Waals surface area (Å²) < 4.78 is 0. The third-order valence-electron chi connectivity index (χ3n) is 5.00. The Morgan fingerprint density at radius 1 is 0.833 bits per heavy atom. The minimum atomic E-state index is 0.690. The molecule has 0 bridgehead atoms. The number of benzene rings is 2. The lowest BCUT2D eigenvalue weighted by molar-refractivity contribution is 0.866. The van der Waals surface area contributed by atoms with Gasteiger partial charge in [-0.1, -0.05) is 18.2 Å². The van der Waals surface area contributed by atoms with E-state index >= 15 is 0 Å². The average Bonchev–Trinajstić information content (AvgIpc) is 2.76. The zero-order valence-electron chi connectivity index (χ0n) is 17.6. The summed E-state index contributed by atoms with van der Waals surface area (Å²) in [6.07, 6.45) is 1.80. The van der Waals surface area contributed by atoms with Gasteiger partial charge in [-0.2, -0.15) is 0 Å². The van der Waals surface area contributed by atoms with E-state index in [1.165, 1.54) is 5.69 Å². The predicted molar refractivity (Wildman–Crippen MR) is 125 cm³/mol. The van der Waals surface area contributed by atoms with Gasteiger partial charge in [0.05, 0.1) is 11.2 Å². The molecule has 2 N–H and O–H groups in total. The summed E-state index contributed by atoms with van der Waals surface area (Å²) in [4.78, 5) is 15.9. The van der Waals surface area contributed by atoms with Gasteiger partial charge in [0.1, 0.15) is 17.5 Å². The second-order valence-electron chi connectivity index (χ2n) is 7.04. The van der Waals surface area contributed by atoms with Crippen molar-refractivity contribution < 1.29 is 0 Å². The van der Waals surface area contributed by atoms with Crippen molar-refractivity contribution in [1.82, 2.24) is 15.0 Å². The first-order valence-corrected chi connectivity index (χ1v) is 10.2. The monoisotopic (exact) mass is 398 g/mol. The molecule has 0 saturated heterocycles. The van der Waals surface area contributed by atoms with Crippen molar-refractivity contribution in [3.63, 3.8) is 0 Å². The average molecular weight is 399 g/mol. The minimum absolute atomic E-state index is 0.690. The first-order valence-electron chi connectivity index (χ1n) is 10.2. The van der Waals surface area contributed by atoms with Crippen LogP contribution in [0, 0.1) is 6.92 Å². The van der Waals surface area contributed by atoms with E-state index in [2.05, 4.69) is 68.6 Å². The van der Waals surface area contributed by atoms with Gasteiger partial charge in [-0.25, -0.2) is 9.97 Å². The zero-order chi connectivity index (χ0) is 20.9. The number of hydrogen-bond donors (Lipinski definition) is 2. The Hall–Kier alpha value is -3.67. The van der Waals surface area contributed by atoms with Crippen molar-refractivity contribution in [3.8, 4) is 0 Å². The number of aromatic nitrogens is 3. The summed E-state index contributed by atoms with van der Waals surface area (Å²) in [6.45, 7) is 8.21. The highest BCUT2D eigenvalue weighted by Gasteiger charge is 2.07. The van der Waals surface area contributed by atoms with E-state index in [-0.39, 0.29) is 0 Å². The quantitative estimate of drug-likeness (QED) is 0.418. The van der Waals surface area contributed by atoms with Crippen molar-refractivity contribution in [1.29, 1.82) is 0 Å². The summed E-state index contributed by atoms with van der Waals surface area (Å²) >= 11 is 0. The maximum atomic E-state index is 4.54. The second-order valence-corrected chi connectivity index (χ2v) is 7.04. The third-order valence-corrected chi connectivity index (χ3v) is 5.00. The molecule has 4 rings (SSSR count). The number of aryl methyl sites for hydroxylation is 1. The predicted octanol–water partition coefficient (Wildman–Crippen LogP) is 5.67. The molecule has 0 fully saturated rings. The number of nitrogens with zero attached hydrogens (tertiary/aromatic N) is 4. The van der Waals surface area contributed by atoms with E-state index in [9.17, 15) is 0 Å². The van der Waals surface area contributed by atoms with Crippen LogP contribution in [0.25, 0.3) is 10.9 Å². The van der Waals surface area contributed by atoms with E-state index in [0.29, 0.717) is 5.82 Å². The summed E-state index contributed by atoms with van der Waals surface area (Å²) in [7, 11) is 0. The molecule has 2 aromatic carbocycles. The van der Waals surface area contributed by atoms with Gasteiger partial charge >= 0.3 is 0 Å². The molecule has 152 valence electrons. The molecule has 6 heteroatoms. The summed E-state index contributed by atoms with van der Waals surface area (Å²) in [5.74, 6) is 2.16. The number of fused-ring (bicyclic) bond motifs is 1. The molecule has 0 unspecified atom stereocenters. The molecule has 2 aromatic heterocycles. The molecule has 0 aliphatic carbocycles. The van der Waals surface area contributed by atoms with Gasteiger partial charge in [-0.15, -0.1) is 0 Å². The van der Waals surface area contributed by atoms with Gasteiger partial charge in [-0.05, 0) is 57.2 Å². The maximum absolute atomic E-state index is 4.54. The molecule has 0 spiro atoms. The van der Waals surface area contributed by atoms with Crippen LogP contribution in [-0.4, -0.2) is 28.0 Å². The van der Waals surface area contributed by atoms with E-state index in [1.807, 2.05) is 43.3 Å². The molecule has 30 heavy (non-hydrogen) atoms. The van der Waals surface area contributed by atoms with Gasteiger partial charge in [0.15, 0.2) is 0 Å². The summed E-state index contributed by atoms with van der Waals surface area (Å²) in [5.41, 5.74) is 4.04. The zero-order valence-corrected chi connectivity index (χ0v) is 17.6. The van der Waals surface area contributed by atoms with Gasteiger partial charge in [-0.3, -0.25) is 4.98 Å². The van der Waals surface area contributed by atoms with Crippen LogP contribution in [0.5, 0.6) is 0 Å². The SMILES string of the molecule is CCN(CC)c1ccc(Nc2cc(Nc3cccc4cccnc34)nc(C)n2)cc1. The first kappa shape index (κ1) is 19.6. The van der Waals surface area contributed by atoms with Gasteiger partial charge in [0.25, 0.3) is 0 Å². The lowest BCUT2D eigenvalue weighted by Gasteiger charge is -2.21. The Labute approximate surface area is 177 Å². The van der Waals surface area contributed by atoms with Gasteiger partial charge < -0.3 is 15.5 Å². The standard InChI is InChI=1S/C24H26N6/c1-4-30(5-2)20-13-11-19(12-14-20)28-22-16-23(27-17(3)26-22)29-21-10-6-8-18-9-7-15-25-24(18)21/h6-16H,4-5H2,1-3H3,(H2,26,27,28,29). The fourth-order valence-electron chi connectivity index (χ4n) is 3.53.